The van der Waals surface area contributed by atoms with Crippen LogP contribution in [0.2, 0.25) is 0 Å². The maximum Gasteiger partial charge on any atom is 0.288 e. The van der Waals surface area contributed by atoms with E-state index in [0.717, 1.165) is 0 Å². The topological polar surface area (TPSA) is 100 Å². The smallest absolute Gasteiger partial charge is 0.288 e. The van der Waals surface area contributed by atoms with E-state index in [0.29, 0.717) is 26.2 Å². The first kappa shape index (κ1) is 11.6. The van der Waals surface area contributed by atoms with Crippen LogP contribution in [0.3, 0.4) is 0 Å². The van der Waals surface area contributed by atoms with Crippen LogP contribution in [-0.2, 0) is 4.74 Å². The van der Waals surface area contributed by atoms with Crippen LogP contribution in [0.15, 0.2) is 6.33 Å². The van der Waals surface area contributed by atoms with Crippen molar-refractivity contribution >= 4 is 5.91 Å². The molecule has 1 aromatic heterocycles. The molecule has 7 nitrogen and oxygen atoms in total. The monoisotopic (exact) mass is 214 g/mol. The molecule has 84 valence electrons. The van der Waals surface area contributed by atoms with Gasteiger partial charge in [0.2, 0.25) is 5.82 Å². The van der Waals surface area contributed by atoms with Crippen LogP contribution in [0.4, 0.5) is 0 Å². The number of carbonyl (C=O) groups excluding carboxylic acids is 1. The minimum absolute atomic E-state index is 0.0183. The average Bonchev–Trinajstić information content (AvgIpc) is 2.76. The summed E-state index contributed by atoms with van der Waals surface area (Å²) in [6.45, 7) is 1.36. The zero-order valence-corrected chi connectivity index (χ0v) is 8.27. The van der Waals surface area contributed by atoms with Gasteiger partial charge in [0.1, 0.15) is 6.33 Å². The molecular formula is C8H14N4O3. The van der Waals surface area contributed by atoms with Gasteiger partial charge in [-0.15, -0.1) is 0 Å². The molecule has 0 spiro atoms. The Morgan fingerprint density at radius 3 is 3.13 bits per heavy atom. The third-order valence-corrected chi connectivity index (χ3v) is 1.62. The van der Waals surface area contributed by atoms with E-state index in [9.17, 15) is 4.79 Å². The molecule has 0 aliphatic rings. The summed E-state index contributed by atoms with van der Waals surface area (Å²) in [5, 5.41) is 17.1. The van der Waals surface area contributed by atoms with Gasteiger partial charge in [0.15, 0.2) is 0 Å². The quantitative estimate of drug-likeness (QED) is 0.502. The van der Waals surface area contributed by atoms with E-state index in [4.69, 9.17) is 9.84 Å². The van der Waals surface area contributed by atoms with Crippen LogP contribution in [-0.4, -0.2) is 52.6 Å². The largest absolute Gasteiger partial charge is 0.394 e. The Kier molecular flexibility index (Phi) is 5.34. The Labute approximate surface area is 86.9 Å². The zero-order chi connectivity index (χ0) is 10.9. The number of aliphatic hydroxyl groups excluding tert-OH is 1. The van der Waals surface area contributed by atoms with Crippen molar-refractivity contribution in [2.45, 2.75) is 6.42 Å². The third-order valence-electron chi connectivity index (χ3n) is 1.62. The summed E-state index contributed by atoms with van der Waals surface area (Å²) in [4.78, 5) is 15.0. The zero-order valence-electron chi connectivity index (χ0n) is 8.27. The van der Waals surface area contributed by atoms with Gasteiger partial charge in [-0.3, -0.25) is 9.89 Å². The first-order valence-corrected chi connectivity index (χ1v) is 4.66. The maximum atomic E-state index is 11.3. The van der Waals surface area contributed by atoms with E-state index in [2.05, 4.69) is 20.5 Å². The maximum absolute atomic E-state index is 11.3. The van der Waals surface area contributed by atoms with E-state index in [1.165, 1.54) is 6.33 Å². The van der Waals surface area contributed by atoms with Gasteiger partial charge < -0.3 is 15.2 Å². The summed E-state index contributed by atoms with van der Waals surface area (Å²) < 4.78 is 5.02. The number of aromatic nitrogens is 3. The number of nitrogens with one attached hydrogen (secondary N) is 2. The van der Waals surface area contributed by atoms with Gasteiger partial charge in [0.25, 0.3) is 5.91 Å². The Hall–Kier alpha value is -1.47. The van der Waals surface area contributed by atoms with Gasteiger partial charge in [-0.25, -0.2) is 4.98 Å². The molecule has 3 N–H and O–H groups in total. The van der Waals surface area contributed by atoms with Crippen molar-refractivity contribution in [1.82, 2.24) is 20.5 Å². The summed E-state index contributed by atoms with van der Waals surface area (Å²) in [7, 11) is 0. The van der Waals surface area contributed by atoms with E-state index in [-0.39, 0.29) is 18.3 Å². The number of rotatable bonds is 7. The number of hydrogen-bond donors (Lipinski definition) is 3. The SMILES string of the molecule is O=C(NCCCOCCO)c1ncn[nH]1. The molecule has 0 saturated carbocycles. The highest BCUT2D eigenvalue weighted by Crippen LogP contribution is 1.86. The second-order valence-electron chi connectivity index (χ2n) is 2.78. The van der Waals surface area contributed by atoms with Gasteiger partial charge >= 0.3 is 0 Å². The Bertz CT molecular complexity index is 275. The van der Waals surface area contributed by atoms with Crippen molar-refractivity contribution in [2.75, 3.05) is 26.4 Å². The molecule has 0 saturated heterocycles. The van der Waals surface area contributed by atoms with Crippen molar-refractivity contribution in [1.29, 1.82) is 0 Å². The lowest BCUT2D eigenvalue weighted by molar-refractivity contribution is 0.0863. The lowest BCUT2D eigenvalue weighted by Gasteiger charge is -2.03. The summed E-state index contributed by atoms with van der Waals surface area (Å²) in [6, 6.07) is 0. The standard InChI is InChI=1S/C8H14N4O3/c13-3-5-15-4-1-2-9-8(14)7-10-6-11-12-7/h6,13H,1-5H2,(H,9,14)(H,10,11,12). The Balaban J connectivity index is 2.03. The molecule has 0 aliphatic heterocycles. The second kappa shape index (κ2) is 6.91. The van der Waals surface area contributed by atoms with Gasteiger partial charge in [-0.05, 0) is 6.42 Å². The fourth-order valence-corrected chi connectivity index (χ4v) is 0.941. The van der Waals surface area contributed by atoms with Crippen LogP contribution in [0.5, 0.6) is 0 Å². The molecule has 1 amide bonds. The highest BCUT2D eigenvalue weighted by atomic mass is 16.5. The Morgan fingerprint density at radius 1 is 1.60 bits per heavy atom. The summed E-state index contributed by atoms with van der Waals surface area (Å²) in [6.07, 6.45) is 1.97. The second-order valence-corrected chi connectivity index (χ2v) is 2.78. The van der Waals surface area contributed by atoms with Gasteiger partial charge in [-0.1, -0.05) is 0 Å². The van der Waals surface area contributed by atoms with E-state index >= 15 is 0 Å². The molecule has 15 heavy (non-hydrogen) atoms. The number of carbonyl (C=O) groups is 1. The van der Waals surface area contributed by atoms with Crippen LogP contribution in [0.1, 0.15) is 17.0 Å². The molecule has 0 aliphatic carbocycles. The van der Waals surface area contributed by atoms with Gasteiger partial charge in [-0.2, -0.15) is 5.10 Å². The number of aromatic amines is 1. The van der Waals surface area contributed by atoms with Crippen LogP contribution in [0.25, 0.3) is 0 Å². The van der Waals surface area contributed by atoms with Crippen molar-refractivity contribution in [3.8, 4) is 0 Å². The van der Waals surface area contributed by atoms with Crippen molar-refractivity contribution < 1.29 is 14.6 Å². The van der Waals surface area contributed by atoms with Crippen LogP contribution in [0, 0.1) is 0 Å². The molecule has 0 fully saturated rings. The predicted molar refractivity (Wildman–Crippen MR) is 51.2 cm³/mol. The minimum atomic E-state index is -0.283. The summed E-state index contributed by atoms with van der Waals surface area (Å²) >= 11 is 0. The molecule has 0 bridgehead atoms. The number of nitrogens with zero attached hydrogens (tertiary/aromatic N) is 2. The number of hydrogen-bond acceptors (Lipinski definition) is 5. The van der Waals surface area contributed by atoms with Crippen LogP contribution < -0.4 is 5.32 Å². The molecule has 0 aromatic carbocycles. The lowest BCUT2D eigenvalue weighted by atomic mass is 10.4. The molecule has 0 radical (unpaired) electrons. The van der Waals surface area contributed by atoms with E-state index < -0.39 is 0 Å². The number of H-pyrrole nitrogens is 1. The number of ether oxygens (including phenoxy) is 1. The summed E-state index contributed by atoms with van der Waals surface area (Å²) in [5.74, 6) is -0.0825. The van der Waals surface area contributed by atoms with Crippen molar-refractivity contribution in [2.24, 2.45) is 0 Å². The molecule has 0 unspecified atom stereocenters. The molecule has 1 rings (SSSR count). The van der Waals surface area contributed by atoms with E-state index in [1.54, 1.807) is 0 Å². The number of amides is 1. The highest BCUT2D eigenvalue weighted by molar-refractivity contribution is 5.90. The fraction of sp³-hybridized carbons (Fsp3) is 0.625. The van der Waals surface area contributed by atoms with Crippen molar-refractivity contribution in [3.63, 3.8) is 0 Å². The first-order valence-electron chi connectivity index (χ1n) is 4.66. The highest BCUT2D eigenvalue weighted by Gasteiger charge is 2.06. The minimum Gasteiger partial charge on any atom is -0.394 e. The summed E-state index contributed by atoms with van der Waals surface area (Å²) in [5.41, 5.74) is 0. The van der Waals surface area contributed by atoms with Crippen molar-refractivity contribution in [3.05, 3.63) is 12.2 Å². The normalized spacial score (nSPS) is 10.2. The lowest BCUT2D eigenvalue weighted by Crippen LogP contribution is -2.26. The van der Waals surface area contributed by atoms with E-state index in [1.807, 2.05) is 0 Å². The number of aliphatic hydroxyl groups is 1. The average molecular weight is 214 g/mol. The fourth-order valence-electron chi connectivity index (χ4n) is 0.941. The predicted octanol–water partition coefficient (Wildman–Crippen LogP) is -1.07. The molecule has 0 atom stereocenters. The molecular weight excluding hydrogens is 200 g/mol. The Morgan fingerprint density at radius 2 is 2.47 bits per heavy atom. The van der Waals surface area contributed by atoms with Crippen LogP contribution >= 0.6 is 0 Å². The third kappa shape index (κ3) is 4.52. The first-order chi connectivity index (χ1) is 7.34. The van der Waals surface area contributed by atoms with Gasteiger partial charge in [0, 0.05) is 13.2 Å². The van der Waals surface area contributed by atoms with Gasteiger partial charge in [0.05, 0.1) is 13.2 Å². The molecule has 1 aromatic rings. The molecule has 7 heteroatoms. The molecule has 1 heterocycles.